The molecule has 1 aliphatic heterocycles. The standard InChI is InChI=1S/C18H18N4O2S2/c25-18(19-10-12-4-3-9-23-12)22-20-11-13-7-8-15(24-13)17-21-14-5-1-2-6-16(14)26-17/h1-2,5-8,11-12H,3-4,9-10H2,(H2,19,22,25)/b20-11-/t12-/m0/s1. The number of thiazole rings is 1. The van der Waals surface area contributed by atoms with Gasteiger partial charge in [0.25, 0.3) is 0 Å². The maximum Gasteiger partial charge on any atom is 0.187 e. The smallest absolute Gasteiger partial charge is 0.187 e. The molecule has 3 heterocycles. The van der Waals surface area contributed by atoms with E-state index in [4.69, 9.17) is 21.4 Å². The van der Waals surface area contributed by atoms with Gasteiger partial charge in [-0.3, -0.25) is 5.43 Å². The number of benzene rings is 1. The Bertz CT molecular complexity index is 895. The van der Waals surface area contributed by atoms with E-state index in [9.17, 15) is 0 Å². The van der Waals surface area contributed by atoms with Crippen LogP contribution in [0, 0.1) is 0 Å². The summed E-state index contributed by atoms with van der Waals surface area (Å²) >= 11 is 6.80. The van der Waals surface area contributed by atoms with E-state index in [0.717, 1.165) is 40.4 Å². The fraction of sp³-hybridized carbons (Fsp3) is 0.278. The highest BCUT2D eigenvalue weighted by atomic mass is 32.1. The van der Waals surface area contributed by atoms with Crippen molar-refractivity contribution in [2.45, 2.75) is 18.9 Å². The molecule has 0 amide bonds. The van der Waals surface area contributed by atoms with Crippen LogP contribution < -0.4 is 10.7 Å². The first-order chi connectivity index (χ1) is 12.8. The molecule has 26 heavy (non-hydrogen) atoms. The molecular formula is C18H18N4O2S2. The zero-order valence-electron chi connectivity index (χ0n) is 14.0. The quantitative estimate of drug-likeness (QED) is 0.397. The highest BCUT2D eigenvalue weighted by Gasteiger charge is 2.15. The van der Waals surface area contributed by atoms with Gasteiger partial charge in [0, 0.05) is 13.2 Å². The number of hydrogen-bond acceptors (Lipinski definition) is 6. The molecule has 8 heteroatoms. The van der Waals surface area contributed by atoms with Gasteiger partial charge in [-0.2, -0.15) is 5.10 Å². The van der Waals surface area contributed by atoms with Crippen LogP contribution in [0.5, 0.6) is 0 Å². The number of nitrogens with zero attached hydrogens (tertiary/aromatic N) is 2. The molecule has 134 valence electrons. The number of rotatable bonds is 5. The number of hydrogen-bond donors (Lipinski definition) is 2. The van der Waals surface area contributed by atoms with E-state index < -0.39 is 0 Å². The Kier molecular flexibility index (Phi) is 5.24. The molecule has 0 aliphatic carbocycles. The molecule has 1 saturated heterocycles. The van der Waals surface area contributed by atoms with E-state index in [-0.39, 0.29) is 6.10 Å². The molecule has 1 aliphatic rings. The van der Waals surface area contributed by atoms with Crippen molar-refractivity contribution in [3.63, 3.8) is 0 Å². The van der Waals surface area contributed by atoms with Crippen molar-refractivity contribution in [3.8, 4) is 10.8 Å². The first-order valence-corrected chi connectivity index (χ1v) is 9.65. The first kappa shape index (κ1) is 17.1. The minimum Gasteiger partial charge on any atom is -0.453 e. The lowest BCUT2D eigenvalue weighted by Crippen LogP contribution is -2.37. The van der Waals surface area contributed by atoms with Crippen LogP contribution in [0.3, 0.4) is 0 Å². The summed E-state index contributed by atoms with van der Waals surface area (Å²) in [6, 6.07) is 11.8. The van der Waals surface area contributed by atoms with Gasteiger partial charge in [0.2, 0.25) is 0 Å². The molecule has 2 N–H and O–H groups in total. The summed E-state index contributed by atoms with van der Waals surface area (Å²) in [6.45, 7) is 1.53. The number of aromatic nitrogens is 1. The van der Waals surface area contributed by atoms with Crippen LogP contribution in [-0.4, -0.2) is 35.6 Å². The number of fused-ring (bicyclic) bond motifs is 1. The van der Waals surface area contributed by atoms with E-state index in [1.165, 1.54) is 0 Å². The van der Waals surface area contributed by atoms with Gasteiger partial charge in [0.05, 0.1) is 22.5 Å². The molecule has 0 radical (unpaired) electrons. The van der Waals surface area contributed by atoms with Gasteiger partial charge in [0.1, 0.15) is 5.76 Å². The Morgan fingerprint density at radius 3 is 3.12 bits per heavy atom. The molecular weight excluding hydrogens is 368 g/mol. The van der Waals surface area contributed by atoms with Crippen LogP contribution in [0.25, 0.3) is 21.0 Å². The lowest BCUT2D eigenvalue weighted by Gasteiger charge is -2.11. The average molecular weight is 387 g/mol. The van der Waals surface area contributed by atoms with Gasteiger partial charge < -0.3 is 14.5 Å². The van der Waals surface area contributed by atoms with Gasteiger partial charge in [-0.15, -0.1) is 11.3 Å². The third-order valence-electron chi connectivity index (χ3n) is 4.00. The van der Waals surface area contributed by atoms with Crippen LogP contribution >= 0.6 is 23.6 Å². The van der Waals surface area contributed by atoms with E-state index in [1.54, 1.807) is 17.6 Å². The summed E-state index contributed by atoms with van der Waals surface area (Å²) in [5.41, 5.74) is 3.76. The second-order valence-electron chi connectivity index (χ2n) is 5.90. The lowest BCUT2D eigenvalue weighted by atomic mass is 10.2. The van der Waals surface area contributed by atoms with Crippen molar-refractivity contribution in [2.75, 3.05) is 13.2 Å². The molecule has 1 atom stereocenters. The highest BCUT2D eigenvalue weighted by Crippen LogP contribution is 2.30. The third kappa shape index (κ3) is 4.09. The molecule has 6 nitrogen and oxygen atoms in total. The van der Waals surface area contributed by atoms with Crippen molar-refractivity contribution < 1.29 is 9.15 Å². The predicted molar refractivity (Wildman–Crippen MR) is 108 cm³/mol. The number of ether oxygens (including phenoxy) is 1. The predicted octanol–water partition coefficient (Wildman–Crippen LogP) is 3.53. The topological polar surface area (TPSA) is 71.7 Å². The molecule has 2 aromatic heterocycles. The number of nitrogens with one attached hydrogen (secondary N) is 2. The fourth-order valence-corrected chi connectivity index (χ4v) is 3.78. The van der Waals surface area contributed by atoms with Crippen molar-refractivity contribution >= 4 is 45.1 Å². The van der Waals surface area contributed by atoms with Crippen LogP contribution in [0.4, 0.5) is 0 Å². The molecule has 4 rings (SSSR count). The zero-order valence-corrected chi connectivity index (χ0v) is 15.6. The molecule has 3 aromatic rings. The van der Waals surface area contributed by atoms with Crippen LogP contribution in [-0.2, 0) is 4.74 Å². The second kappa shape index (κ2) is 7.94. The number of thiocarbonyl (C=S) groups is 1. The van der Waals surface area contributed by atoms with Gasteiger partial charge in [-0.1, -0.05) is 12.1 Å². The normalized spacial score (nSPS) is 17.2. The molecule has 0 unspecified atom stereocenters. The van der Waals surface area contributed by atoms with Gasteiger partial charge >= 0.3 is 0 Å². The molecule has 0 bridgehead atoms. The molecule has 0 saturated carbocycles. The van der Waals surface area contributed by atoms with Crippen molar-refractivity contribution in [2.24, 2.45) is 5.10 Å². The number of furan rings is 1. The molecule has 1 fully saturated rings. The van der Waals surface area contributed by atoms with Crippen molar-refractivity contribution in [3.05, 3.63) is 42.2 Å². The van der Waals surface area contributed by atoms with Gasteiger partial charge in [-0.05, 0) is 49.3 Å². The van der Waals surface area contributed by atoms with E-state index >= 15 is 0 Å². The summed E-state index contributed by atoms with van der Waals surface area (Å²) in [5.74, 6) is 1.36. The summed E-state index contributed by atoms with van der Waals surface area (Å²) in [4.78, 5) is 4.59. The monoisotopic (exact) mass is 386 g/mol. The Hall–Kier alpha value is -2.29. The maximum absolute atomic E-state index is 5.80. The van der Waals surface area contributed by atoms with E-state index in [2.05, 4.69) is 26.9 Å². The van der Waals surface area contributed by atoms with Crippen LogP contribution in [0.2, 0.25) is 0 Å². The van der Waals surface area contributed by atoms with Gasteiger partial charge in [-0.25, -0.2) is 4.98 Å². The summed E-state index contributed by atoms with van der Waals surface area (Å²) in [6.07, 6.45) is 4.01. The summed E-state index contributed by atoms with van der Waals surface area (Å²) < 4.78 is 12.5. The Balaban J connectivity index is 1.32. The Labute approximate surface area is 160 Å². The zero-order chi connectivity index (χ0) is 17.8. The molecule has 0 spiro atoms. The SMILES string of the molecule is S=C(NC[C@@H]1CCCO1)N/N=C\c1ccc(-c2nc3ccccc3s2)o1. The maximum atomic E-state index is 5.80. The Morgan fingerprint density at radius 1 is 1.35 bits per heavy atom. The number of para-hydroxylation sites is 1. The number of hydrazone groups is 1. The highest BCUT2D eigenvalue weighted by molar-refractivity contribution is 7.80. The Morgan fingerprint density at radius 2 is 2.27 bits per heavy atom. The van der Waals surface area contributed by atoms with Crippen molar-refractivity contribution in [1.82, 2.24) is 15.7 Å². The first-order valence-electron chi connectivity index (χ1n) is 8.42. The average Bonchev–Trinajstić information content (AvgIpc) is 3.39. The lowest BCUT2D eigenvalue weighted by molar-refractivity contribution is 0.114. The third-order valence-corrected chi connectivity index (χ3v) is 5.29. The van der Waals surface area contributed by atoms with Crippen LogP contribution in [0.1, 0.15) is 18.6 Å². The minimum atomic E-state index is 0.236. The van der Waals surface area contributed by atoms with E-state index in [1.807, 2.05) is 30.3 Å². The van der Waals surface area contributed by atoms with E-state index in [0.29, 0.717) is 17.4 Å². The molecule has 1 aromatic carbocycles. The second-order valence-corrected chi connectivity index (χ2v) is 7.34. The largest absolute Gasteiger partial charge is 0.453 e. The fourth-order valence-electron chi connectivity index (χ4n) is 2.72. The summed E-state index contributed by atoms with van der Waals surface area (Å²) in [7, 11) is 0. The van der Waals surface area contributed by atoms with Crippen LogP contribution in [0.15, 0.2) is 45.9 Å². The van der Waals surface area contributed by atoms with Crippen molar-refractivity contribution in [1.29, 1.82) is 0 Å². The minimum absolute atomic E-state index is 0.236. The van der Waals surface area contributed by atoms with Gasteiger partial charge in [0.15, 0.2) is 15.9 Å². The summed E-state index contributed by atoms with van der Waals surface area (Å²) in [5, 5.41) is 8.53.